The number of carbonyl (C=O) groups is 2. The topological polar surface area (TPSA) is 49.4 Å². The smallest absolute Gasteiger partial charge is 0.243 e. The van der Waals surface area contributed by atoms with Gasteiger partial charge in [0.1, 0.15) is 6.04 Å². The molecule has 4 nitrogen and oxygen atoms in total. The fourth-order valence-electron chi connectivity index (χ4n) is 1.97. The van der Waals surface area contributed by atoms with Crippen molar-refractivity contribution in [3.8, 4) is 0 Å². The summed E-state index contributed by atoms with van der Waals surface area (Å²) in [6, 6.07) is 1.55. The Bertz CT molecular complexity index is 402. The molecule has 2 amide bonds. The van der Waals surface area contributed by atoms with Crippen LogP contribution < -0.4 is 5.32 Å². The molecule has 16 heavy (non-hydrogen) atoms. The number of hydrogen-bond acceptors (Lipinski definition) is 3. The predicted octanol–water partition coefficient (Wildman–Crippen LogP) is 1.16. The van der Waals surface area contributed by atoms with Gasteiger partial charge in [0.25, 0.3) is 0 Å². The summed E-state index contributed by atoms with van der Waals surface area (Å²) in [5.41, 5.74) is 1.08. The van der Waals surface area contributed by atoms with Crippen LogP contribution in [0.3, 0.4) is 0 Å². The highest BCUT2D eigenvalue weighted by Crippen LogP contribution is 2.25. The maximum absolute atomic E-state index is 11.8. The molecule has 1 aliphatic rings. The van der Waals surface area contributed by atoms with Crippen molar-refractivity contribution in [2.24, 2.45) is 0 Å². The van der Waals surface area contributed by atoms with E-state index in [-0.39, 0.29) is 24.4 Å². The van der Waals surface area contributed by atoms with Crippen LogP contribution in [0.5, 0.6) is 0 Å². The highest BCUT2D eigenvalue weighted by molar-refractivity contribution is 7.07. The number of nitrogens with one attached hydrogen (secondary N) is 1. The minimum Gasteiger partial charge on any atom is -0.345 e. The molecule has 2 atom stereocenters. The minimum absolute atomic E-state index is 0.0224. The highest BCUT2D eigenvalue weighted by atomic mass is 32.1. The third kappa shape index (κ3) is 1.82. The van der Waals surface area contributed by atoms with Gasteiger partial charge in [-0.05, 0) is 36.2 Å². The molecule has 2 unspecified atom stereocenters. The number of amides is 2. The summed E-state index contributed by atoms with van der Waals surface area (Å²) >= 11 is 1.60. The van der Waals surface area contributed by atoms with E-state index in [0.717, 1.165) is 5.56 Å². The SMILES string of the molecule is CC1C(=O)NCC(=O)N1C(C)c1ccsc1. The van der Waals surface area contributed by atoms with E-state index in [4.69, 9.17) is 0 Å². The fraction of sp³-hybridized carbons (Fsp3) is 0.455. The van der Waals surface area contributed by atoms with Gasteiger partial charge in [-0.1, -0.05) is 0 Å². The molecule has 2 rings (SSSR count). The van der Waals surface area contributed by atoms with Crippen LogP contribution in [0, 0.1) is 0 Å². The third-order valence-electron chi connectivity index (χ3n) is 2.94. The Hall–Kier alpha value is -1.36. The minimum atomic E-state index is -0.392. The first-order valence-corrected chi connectivity index (χ1v) is 6.16. The Kier molecular flexibility index (Phi) is 2.96. The van der Waals surface area contributed by atoms with Crippen molar-refractivity contribution in [3.63, 3.8) is 0 Å². The molecule has 1 aromatic heterocycles. The van der Waals surface area contributed by atoms with Crippen molar-refractivity contribution in [1.29, 1.82) is 0 Å². The largest absolute Gasteiger partial charge is 0.345 e. The van der Waals surface area contributed by atoms with Gasteiger partial charge in [-0.15, -0.1) is 0 Å². The first kappa shape index (κ1) is 11.1. The lowest BCUT2D eigenvalue weighted by atomic mass is 10.1. The quantitative estimate of drug-likeness (QED) is 0.840. The summed E-state index contributed by atoms with van der Waals surface area (Å²) < 4.78 is 0. The summed E-state index contributed by atoms with van der Waals surface area (Å²) in [5, 5.41) is 6.57. The second-order valence-corrected chi connectivity index (χ2v) is 4.71. The van der Waals surface area contributed by atoms with Crippen LogP contribution in [0.25, 0.3) is 0 Å². The zero-order chi connectivity index (χ0) is 11.7. The number of rotatable bonds is 2. The maximum Gasteiger partial charge on any atom is 0.243 e. The summed E-state index contributed by atoms with van der Waals surface area (Å²) in [4.78, 5) is 25.0. The van der Waals surface area contributed by atoms with Crippen LogP contribution in [0.2, 0.25) is 0 Å². The maximum atomic E-state index is 11.8. The summed E-state index contributed by atoms with van der Waals surface area (Å²) in [5.74, 6) is -0.104. The van der Waals surface area contributed by atoms with Crippen LogP contribution >= 0.6 is 11.3 Å². The molecule has 1 aromatic rings. The molecule has 1 aliphatic heterocycles. The number of hydrogen-bond donors (Lipinski definition) is 1. The summed E-state index contributed by atoms with van der Waals surface area (Å²) in [7, 11) is 0. The van der Waals surface area contributed by atoms with Crippen LogP contribution in [-0.2, 0) is 9.59 Å². The molecule has 0 aliphatic carbocycles. The Labute approximate surface area is 98.3 Å². The Balaban J connectivity index is 2.24. The van der Waals surface area contributed by atoms with E-state index < -0.39 is 6.04 Å². The van der Waals surface area contributed by atoms with E-state index in [0.29, 0.717) is 0 Å². The van der Waals surface area contributed by atoms with E-state index >= 15 is 0 Å². The molecular formula is C11H14N2O2S. The third-order valence-corrected chi connectivity index (χ3v) is 3.64. The number of piperazine rings is 1. The monoisotopic (exact) mass is 238 g/mol. The molecule has 5 heteroatoms. The van der Waals surface area contributed by atoms with Crippen molar-refractivity contribution >= 4 is 23.2 Å². The summed E-state index contributed by atoms with van der Waals surface area (Å²) in [6.45, 7) is 3.82. The van der Waals surface area contributed by atoms with Crippen molar-refractivity contribution in [3.05, 3.63) is 22.4 Å². The molecule has 1 saturated heterocycles. The summed E-state index contributed by atoms with van der Waals surface area (Å²) in [6.07, 6.45) is 0. The van der Waals surface area contributed by atoms with Crippen molar-refractivity contribution in [2.45, 2.75) is 25.9 Å². The second kappa shape index (κ2) is 4.25. The van der Waals surface area contributed by atoms with Crippen molar-refractivity contribution in [2.75, 3.05) is 6.54 Å². The molecule has 0 bridgehead atoms. The van der Waals surface area contributed by atoms with Crippen LogP contribution in [-0.4, -0.2) is 29.3 Å². The average molecular weight is 238 g/mol. The normalized spacial score (nSPS) is 23.1. The fourth-order valence-corrected chi connectivity index (χ4v) is 2.72. The predicted molar refractivity (Wildman–Crippen MR) is 62.1 cm³/mol. The van der Waals surface area contributed by atoms with Crippen molar-refractivity contribution < 1.29 is 9.59 Å². The Morgan fingerprint density at radius 1 is 1.56 bits per heavy atom. The van der Waals surface area contributed by atoms with Gasteiger partial charge >= 0.3 is 0 Å². The average Bonchev–Trinajstić information content (AvgIpc) is 2.77. The molecule has 0 saturated carbocycles. The molecule has 1 N–H and O–H groups in total. The van der Waals surface area contributed by atoms with Gasteiger partial charge in [-0.2, -0.15) is 11.3 Å². The van der Waals surface area contributed by atoms with E-state index in [9.17, 15) is 9.59 Å². The van der Waals surface area contributed by atoms with Gasteiger partial charge in [0, 0.05) is 0 Å². The van der Waals surface area contributed by atoms with Crippen LogP contribution in [0.15, 0.2) is 16.8 Å². The Morgan fingerprint density at radius 3 is 2.94 bits per heavy atom. The number of thiophene rings is 1. The van der Waals surface area contributed by atoms with Gasteiger partial charge in [-0.3, -0.25) is 9.59 Å². The molecule has 0 aromatic carbocycles. The van der Waals surface area contributed by atoms with Crippen LogP contribution in [0.4, 0.5) is 0 Å². The standard InChI is InChI=1S/C11H14N2O2S/c1-7(9-3-4-16-6-9)13-8(2)11(15)12-5-10(13)14/h3-4,6-8H,5H2,1-2H3,(H,12,15). The number of carbonyl (C=O) groups excluding carboxylic acids is 2. The lowest BCUT2D eigenvalue weighted by molar-refractivity contribution is -0.147. The van der Waals surface area contributed by atoms with Gasteiger partial charge < -0.3 is 10.2 Å². The zero-order valence-corrected chi connectivity index (χ0v) is 10.1. The van der Waals surface area contributed by atoms with E-state index in [1.807, 2.05) is 23.8 Å². The molecule has 86 valence electrons. The van der Waals surface area contributed by atoms with Crippen molar-refractivity contribution in [1.82, 2.24) is 10.2 Å². The molecule has 1 fully saturated rings. The Morgan fingerprint density at radius 2 is 2.31 bits per heavy atom. The lowest BCUT2D eigenvalue weighted by Gasteiger charge is -2.37. The van der Waals surface area contributed by atoms with E-state index in [1.165, 1.54) is 0 Å². The van der Waals surface area contributed by atoms with Gasteiger partial charge in [-0.25, -0.2) is 0 Å². The first-order valence-electron chi connectivity index (χ1n) is 5.22. The first-order chi connectivity index (χ1) is 7.61. The number of nitrogens with zero attached hydrogens (tertiary/aromatic N) is 1. The highest BCUT2D eigenvalue weighted by Gasteiger charge is 2.34. The van der Waals surface area contributed by atoms with E-state index in [1.54, 1.807) is 23.2 Å². The van der Waals surface area contributed by atoms with E-state index in [2.05, 4.69) is 5.32 Å². The lowest BCUT2D eigenvalue weighted by Crippen LogP contribution is -2.57. The van der Waals surface area contributed by atoms with Gasteiger partial charge in [0.05, 0.1) is 12.6 Å². The zero-order valence-electron chi connectivity index (χ0n) is 9.27. The molecule has 0 spiro atoms. The second-order valence-electron chi connectivity index (χ2n) is 3.93. The van der Waals surface area contributed by atoms with Gasteiger partial charge in [0.15, 0.2) is 0 Å². The molecule has 0 radical (unpaired) electrons. The molecule has 2 heterocycles. The van der Waals surface area contributed by atoms with Crippen LogP contribution in [0.1, 0.15) is 25.5 Å². The van der Waals surface area contributed by atoms with Gasteiger partial charge in [0.2, 0.25) is 11.8 Å². The molecular weight excluding hydrogens is 224 g/mol.